The molecule has 7 heavy (non-hydrogen) atoms. The number of aliphatic hydroxyl groups excluding tert-OH is 2. The minimum absolute atomic E-state index is 0.0174. The Morgan fingerprint density at radius 3 is 2.43 bits per heavy atom. The van der Waals surface area contributed by atoms with Crippen LogP contribution >= 0.6 is 0 Å². The van der Waals surface area contributed by atoms with Crippen molar-refractivity contribution in [1.82, 2.24) is 0 Å². The molecule has 40 valence electrons. The van der Waals surface area contributed by atoms with Gasteiger partial charge in [-0.15, -0.1) is 0 Å². The summed E-state index contributed by atoms with van der Waals surface area (Å²) < 4.78 is 3.98. The maximum absolute atomic E-state index is 8.40. The molecule has 0 aliphatic heterocycles. The van der Waals surface area contributed by atoms with Gasteiger partial charge in [0, 0.05) is 0 Å². The minimum Gasteiger partial charge on any atom is -0.445 e. The fourth-order valence-corrected chi connectivity index (χ4v) is 0.164. The molecule has 0 fully saturated rings. The van der Waals surface area contributed by atoms with Crippen molar-refractivity contribution in [2.24, 2.45) is 0 Å². The molecule has 0 aromatic heterocycles. The van der Waals surface area contributed by atoms with Crippen molar-refractivity contribution in [1.29, 1.82) is 0 Å². The molecular formula is C3H7BO3. The molecule has 1 atom stereocenters. The lowest BCUT2D eigenvalue weighted by molar-refractivity contribution is 0.0565. The van der Waals surface area contributed by atoms with Crippen LogP contribution in [0.3, 0.4) is 0 Å². The lowest BCUT2D eigenvalue weighted by atomic mass is 10.4. The summed E-state index contributed by atoms with van der Waals surface area (Å²) in [6, 6.07) is 0. The van der Waals surface area contributed by atoms with E-state index in [1.165, 1.54) is 0 Å². The van der Waals surface area contributed by atoms with Crippen LogP contribution in [0.1, 0.15) is 0 Å². The van der Waals surface area contributed by atoms with E-state index in [2.05, 4.69) is 12.7 Å². The van der Waals surface area contributed by atoms with Crippen LogP contribution in [0, 0.1) is 0 Å². The van der Waals surface area contributed by atoms with Gasteiger partial charge >= 0.3 is 0 Å². The number of rotatable bonds is 3. The summed E-state index contributed by atoms with van der Waals surface area (Å²) in [5.41, 5.74) is 0. The largest absolute Gasteiger partial charge is 0.445 e. The molecule has 0 aliphatic carbocycles. The highest BCUT2D eigenvalue weighted by Gasteiger charge is 1.96. The standard InChI is InChI=1S/C3H7BO3/c4-7-2-3(6)1-5/h3,5-6H,1-2H2. The average Bonchev–Trinajstić information content (AvgIpc) is 1.68. The van der Waals surface area contributed by atoms with Gasteiger partial charge in [-0.2, -0.15) is 0 Å². The van der Waals surface area contributed by atoms with Crippen LogP contribution in [-0.4, -0.2) is 37.6 Å². The molecule has 0 rings (SSSR count). The van der Waals surface area contributed by atoms with Gasteiger partial charge in [-0.3, -0.25) is 0 Å². The fourth-order valence-electron chi connectivity index (χ4n) is 0.164. The van der Waals surface area contributed by atoms with Gasteiger partial charge in [0.25, 0.3) is 8.05 Å². The summed E-state index contributed by atoms with van der Waals surface area (Å²) in [7, 11) is 4.53. The molecule has 2 N–H and O–H groups in total. The first-order valence-electron chi connectivity index (χ1n) is 1.92. The highest BCUT2D eigenvalue weighted by Crippen LogP contribution is 1.77. The third-order valence-electron chi connectivity index (χ3n) is 0.499. The zero-order valence-electron chi connectivity index (χ0n) is 3.87. The predicted octanol–water partition coefficient (Wildman–Crippen LogP) is -1.56. The van der Waals surface area contributed by atoms with Crippen LogP contribution in [0.15, 0.2) is 0 Å². The van der Waals surface area contributed by atoms with Crippen molar-refractivity contribution in [2.45, 2.75) is 6.10 Å². The zero-order valence-corrected chi connectivity index (χ0v) is 3.87. The molecule has 0 amide bonds. The van der Waals surface area contributed by atoms with Crippen molar-refractivity contribution in [3.05, 3.63) is 0 Å². The van der Waals surface area contributed by atoms with Crippen LogP contribution < -0.4 is 0 Å². The van der Waals surface area contributed by atoms with E-state index in [-0.39, 0.29) is 13.2 Å². The zero-order chi connectivity index (χ0) is 5.70. The molecule has 1 unspecified atom stereocenters. The molecule has 0 aromatic carbocycles. The maximum Gasteiger partial charge on any atom is 0.282 e. The van der Waals surface area contributed by atoms with Gasteiger partial charge in [-0.25, -0.2) is 0 Å². The Labute approximate surface area is 43.4 Å². The van der Waals surface area contributed by atoms with Gasteiger partial charge in [0.2, 0.25) is 0 Å². The quantitative estimate of drug-likeness (QED) is 0.423. The van der Waals surface area contributed by atoms with E-state index in [4.69, 9.17) is 10.2 Å². The fraction of sp³-hybridized carbons (Fsp3) is 1.00. The second-order valence-electron chi connectivity index (χ2n) is 1.17. The molecule has 0 heterocycles. The Morgan fingerprint density at radius 2 is 2.29 bits per heavy atom. The summed E-state index contributed by atoms with van der Waals surface area (Å²) in [5, 5.41) is 16.5. The highest BCUT2D eigenvalue weighted by atomic mass is 16.4. The highest BCUT2D eigenvalue weighted by molar-refractivity contribution is 5.97. The first-order chi connectivity index (χ1) is 3.31. The van der Waals surface area contributed by atoms with Crippen LogP contribution in [0.4, 0.5) is 0 Å². The third-order valence-corrected chi connectivity index (χ3v) is 0.499. The molecule has 0 bridgehead atoms. The average molecular weight is 102 g/mol. The maximum atomic E-state index is 8.40. The normalized spacial score (nSPS) is 14.0. The summed E-state index contributed by atoms with van der Waals surface area (Å²) in [4.78, 5) is 0. The van der Waals surface area contributed by atoms with E-state index in [9.17, 15) is 0 Å². The Morgan fingerprint density at radius 1 is 1.71 bits per heavy atom. The molecule has 3 nitrogen and oxygen atoms in total. The predicted molar refractivity (Wildman–Crippen MR) is 24.8 cm³/mol. The Hall–Kier alpha value is -0.0551. The Bertz CT molecular complexity index is 41.2. The van der Waals surface area contributed by atoms with E-state index < -0.39 is 6.10 Å². The molecule has 4 heteroatoms. The van der Waals surface area contributed by atoms with Crippen LogP contribution in [-0.2, 0) is 4.65 Å². The SMILES string of the molecule is [B]OCC(O)CO. The van der Waals surface area contributed by atoms with Gasteiger partial charge in [0.15, 0.2) is 0 Å². The second-order valence-corrected chi connectivity index (χ2v) is 1.17. The van der Waals surface area contributed by atoms with Crippen molar-refractivity contribution in [3.8, 4) is 0 Å². The van der Waals surface area contributed by atoms with Crippen molar-refractivity contribution in [3.63, 3.8) is 0 Å². The summed E-state index contributed by atoms with van der Waals surface area (Å²) in [6.07, 6.45) is -0.843. The number of hydrogen-bond donors (Lipinski definition) is 2. The minimum atomic E-state index is -0.843. The second kappa shape index (κ2) is 4.11. The van der Waals surface area contributed by atoms with E-state index in [0.29, 0.717) is 0 Å². The van der Waals surface area contributed by atoms with Crippen molar-refractivity contribution < 1.29 is 14.9 Å². The molecule has 0 aromatic rings. The number of hydrogen-bond acceptors (Lipinski definition) is 3. The monoisotopic (exact) mass is 102 g/mol. The van der Waals surface area contributed by atoms with E-state index in [1.54, 1.807) is 0 Å². The van der Waals surface area contributed by atoms with Crippen molar-refractivity contribution >= 4 is 8.05 Å². The molecule has 0 aliphatic rings. The van der Waals surface area contributed by atoms with Crippen LogP contribution in [0.5, 0.6) is 0 Å². The van der Waals surface area contributed by atoms with Gasteiger partial charge < -0.3 is 14.9 Å². The third kappa shape index (κ3) is 3.78. The number of aliphatic hydroxyl groups is 2. The van der Waals surface area contributed by atoms with Crippen LogP contribution in [0.2, 0.25) is 0 Å². The summed E-state index contributed by atoms with van der Waals surface area (Å²) in [6.45, 7) is -0.326. The van der Waals surface area contributed by atoms with Gasteiger partial charge in [0.1, 0.15) is 0 Å². The molecule has 0 saturated carbocycles. The van der Waals surface area contributed by atoms with Crippen molar-refractivity contribution in [2.75, 3.05) is 13.2 Å². The topological polar surface area (TPSA) is 49.7 Å². The Balaban J connectivity index is 2.83. The first kappa shape index (κ1) is 6.94. The Kier molecular flexibility index (Phi) is 4.08. The van der Waals surface area contributed by atoms with Gasteiger partial charge in [-0.1, -0.05) is 0 Å². The van der Waals surface area contributed by atoms with E-state index in [0.717, 1.165) is 0 Å². The van der Waals surface area contributed by atoms with E-state index in [1.807, 2.05) is 0 Å². The van der Waals surface area contributed by atoms with Gasteiger partial charge in [0.05, 0.1) is 19.3 Å². The molecule has 2 radical (unpaired) electrons. The first-order valence-corrected chi connectivity index (χ1v) is 1.92. The lowest BCUT2D eigenvalue weighted by Gasteiger charge is -2.02. The smallest absolute Gasteiger partial charge is 0.282 e. The van der Waals surface area contributed by atoms with Gasteiger partial charge in [-0.05, 0) is 0 Å². The summed E-state index contributed by atoms with van der Waals surface area (Å²) >= 11 is 0. The summed E-state index contributed by atoms with van der Waals surface area (Å²) in [5.74, 6) is 0. The van der Waals surface area contributed by atoms with Crippen LogP contribution in [0.25, 0.3) is 0 Å². The molecule has 0 spiro atoms. The lowest BCUT2D eigenvalue weighted by Crippen LogP contribution is -2.18. The molecular weight excluding hydrogens is 94.8 g/mol. The molecule has 0 saturated heterocycles. The van der Waals surface area contributed by atoms with E-state index >= 15 is 0 Å².